The van der Waals surface area contributed by atoms with E-state index in [1.54, 1.807) is 28.3 Å². The molecule has 1 unspecified atom stereocenters. The molecule has 2 aromatic carbocycles. The van der Waals surface area contributed by atoms with E-state index < -0.39 is 16.1 Å². The number of piperazine rings is 1. The number of hydrogen-bond acceptors (Lipinski definition) is 7. The number of carbonyl (C=O) groups is 3. The zero-order valence-corrected chi connectivity index (χ0v) is 22.4. The molecule has 1 atom stereocenters. The van der Waals surface area contributed by atoms with Gasteiger partial charge in [0.15, 0.2) is 5.78 Å². The molecule has 1 aliphatic carbocycles. The van der Waals surface area contributed by atoms with E-state index >= 15 is 0 Å². The summed E-state index contributed by atoms with van der Waals surface area (Å²) in [5.74, 6) is 0.338. The van der Waals surface area contributed by atoms with Gasteiger partial charge in [-0.05, 0) is 36.6 Å². The van der Waals surface area contributed by atoms with Crippen LogP contribution in [0.3, 0.4) is 0 Å². The molecule has 38 heavy (non-hydrogen) atoms. The molecule has 9 nitrogen and oxygen atoms in total. The molecule has 202 valence electrons. The van der Waals surface area contributed by atoms with Gasteiger partial charge in [-0.2, -0.15) is 4.31 Å². The summed E-state index contributed by atoms with van der Waals surface area (Å²) >= 11 is 0. The largest absolute Gasteiger partial charge is 0.489 e. The van der Waals surface area contributed by atoms with Crippen LogP contribution in [-0.4, -0.2) is 78.0 Å². The summed E-state index contributed by atoms with van der Waals surface area (Å²) in [6.45, 7) is 5.55. The Morgan fingerprint density at radius 1 is 0.947 bits per heavy atom. The Morgan fingerprint density at radius 3 is 2.34 bits per heavy atom. The number of benzene rings is 2. The first kappa shape index (κ1) is 26.5. The van der Waals surface area contributed by atoms with Crippen LogP contribution in [0.1, 0.15) is 53.2 Å². The van der Waals surface area contributed by atoms with Crippen molar-refractivity contribution in [3.05, 3.63) is 64.7 Å². The van der Waals surface area contributed by atoms with E-state index in [2.05, 4.69) is 17.0 Å². The molecule has 2 fully saturated rings. The van der Waals surface area contributed by atoms with E-state index in [4.69, 9.17) is 4.74 Å². The third-order valence-corrected chi connectivity index (χ3v) is 9.56. The van der Waals surface area contributed by atoms with Gasteiger partial charge in [0, 0.05) is 50.3 Å². The molecular formula is C28H33N3O6S. The molecule has 0 radical (unpaired) electrons. The number of Topliss-reactive ketones (excluding diaryl/α,β-unsaturated/α-hetero) is 2. The van der Waals surface area contributed by atoms with Gasteiger partial charge in [-0.3, -0.25) is 19.3 Å². The average molecular weight is 540 g/mol. The van der Waals surface area contributed by atoms with E-state index in [-0.39, 0.29) is 29.6 Å². The van der Waals surface area contributed by atoms with Gasteiger partial charge in [-0.25, -0.2) is 8.42 Å². The number of sulfonamides is 1. The minimum absolute atomic E-state index is 0.0598. The molecule has 0 bridgehead atoms. The van der Waals surface area contributed by atoms with E-state index in [1.165, 1.54) is 0 Å². The van der Waals surface area contributed by atoms with Crippen molar-refractivity contribution in [2.45, 2.75) is 51.9 Å². The minimum atomic E-state index is -3.13. The highest BCUT2D eigenvalue weighted by molar-refractivity contribution is 7.89. The Labute approximate surface area is 223 Å². The first-order valence-corrected chi connectivity index (χ1v) is 14.7. The highest BCUT2D eigenvalue weighted by atomic mass is 32.2. The van der Waals surface area contributed by atoms with Crippen molar-refractivity contribution >= 4 is 27.5 Å². The van der Waals surface area contributed by atoms with E-state index in [1.807, 2.05) is 18.2 Å². The monoisotopic (exact) mass is 539 g/mol. The maximum Gasteiger partial charge on any atom is 0.255 e. The number of nitrogens with zero attached hydrogens (tertiary/aromatic N) is 3. The normalized spacial score (nSPS) is 21.1. The molecule has 2 aliphatic heterocycles. The minimum Gasteiger partial charge on any atom is -0.489 e. The third-order valence-electron chi connectivity index (χ3n) is 7.68. The van der Waals surface area contributed by atoms with Gasteiger partial charge in [0.1, 0.15) is 18.1 Å². The third kappa shape index (κ3) is 5.52. The summed E-state index contributed by atoms with van der Waals surface area (Å²) in [7, 11) is -3.13. The van der Waals surface area contributed by atoms with Crippen LogP contribution in [0.25, 0.3) is 0 Å². The number of amides is 1. The Hall–Kier alpha value is -3.08. The van der Waals surface area contributed by atoms with Gasteiger partial charge < -0.3 is 9.64 Å². The molecule has 1 saturated carbocycles. The number of ketones is 2. The van der Waals surface area contributed by atoms with Crippen LogP contribution in [0.4, 0.5) is 0 Å². The molecule has 0 spiro atoms. The zero-order valence-electron chi connectivity index (χ0n) is 21.6. The van der Waals surface area contributed by atoms with Crippen molar-refractivity contribution in [1.29, 1.82) is 0 Å². The van der Waals surface area contributed by atoms with Crippen LogP contribution < -0.4 is 4.74 Å². The molecule has 5 rings (SSSR count). The average Bonchev–Trinajstić information content (AvgIpc) is 3.25. The lowest BCUT2D eigenvalue weighted by molar-refractivity contribution is -0.133. The SMILES string of the molecule is CCS(=O)(=O)N1CCN(Cc2ccc(COc3cccc4c3CN(C3CCC(=O)CC3=O)C4=O)cc2)CC1. The first-order chi connectivity index (χ1) is 18.2. The Kier molecular flexibility index (Phi) is 7.65. The van der Waals surface area contributed by atoms with Gasteiger partial charge in [0.2, 0.25) is 10.0 Å². The van der Waals surface area contributed by atoms with E-state index in [0.717, 1.165) is 23.2 Å². The second-order valence-corrected chi connectivity index (χ2v) is 12.4. The number of fused-ring (bicyclic) bond motifs is 1. The highest BCUT2D eigenvalue weighted by Gasteiger charge is 2.40. The quantitative estimate of drug-likeness (QED) is 0.475. The van der Waals surface area contributed by atoms with Gasteiger partial charge in [0.05, 0.1) is 24.8 Å². The lowest BCUT2D eigenvalue weighted by Gasteiger charge is -2.33. The highest BCUT2D eigenvalue weighted by Crippen LogP contribution is 2.34. The predicted octanol–water partition coefficient (Wildman–Crippen LogP) is 2.38. The van der Waals surface area contributed by atoms with Crippen LogP contribution >= 0.6 is 0 Å². The fourth-order valence-corrected chi connectivity index (χ4v) is 6.50. The van der Waals surface area contributed by atoms with Crippen LogP contribution in [0.5, 0.6) is 5.75 Å². The molecule has 0 aromatic heterocycles. The van der Waals surface area contributed by atoms with E-state index in [9.17, 15) is 22.8 Å². The standard InChI is InChI=1S/C28H33N3O6S/c1-2-38(35,36)30-14-12-29(13-15-30)17-20-6-8-21(9-7-20)19-37-27-5-3-4-23-24(27)18-31(28(23)34)25-11-10-22(32)16-26(25)33/h3-9,25H,2,10-19H2,1H3. The summed E-state index contributed by atoms with van der Waals surface area (Å²) in [4.78, 5) is 40.9. The van der Waals surface area contributed by atoms with Crippen LogP contribution in [0, 0.1) is 0 Å². The van der Waals surface area contributed by atoms with Crippen molar-refractivity contribution in [1.82, 2.24) is 14.1 Å². The van der Waals surface area contributed by atoms with Gasteiger partial charge in [0.25, 0.3) is 5.91 Å². The summed E-state index contributed by atoms with van der Waals surface area (Å²) in [5, 5.41) is 0. The van der Waals surface area contributed by atoms with Crippen molar-refractivity contribution in [2.24, 2.45) is 0 Å². The Morgan fingerprint density at radius 2 is 1.66 bits per heavy atom. The van der Waals surface area contributed by atoms with Gasteiger partial charge in [-0.15, -0.1) is 0 Å². The molecule has 10 heteroatoms. The number of ether oxygens (including phenoxy) is 1. The lowest BCUT2D eigenvalue weighted by Crippen LogP contribution is -2.48. The summed E-state index contributed by atoms with van der Waals surface area (Å²) < 4.78 is 31.8. The molecule has 2 aromatic rings. The Balaban J connectivity index is 1.17. The molecule has 2 heterocycles. The first-order valence-electron chi connectivity index (χ1n) is 13.1. The van der Waals surface area contributed by atoms with Gasteiger partial charge >= 0.3 is 0 Å². The molecule has 1 amide bonds. The lowest BCUT2D eigenvalue weighted by atomic mass is 9.92. The fourth-order valence-electron chi connectivity index (χ4n) is 5.41. The summed E-state index contributed by atoms with van der Waals surface area (Å²) in [6, 6.07) is 13.0. The van der Waals surface area contributed by atoms with Crippen LogP contribution in [-0.2, 0) is 39.3 Å². The molecular weight excluding hydrogens is 506 g/mol. The summed E-state index contributed by atoms with van der Waals surface area (Å²) in [5.41, 5.74) is 3.47. The van der Waals surface area contributed by atoms with Crippen molar-refractivity contribution < 1.29 is 27.5 Å². The van der Waals surface area contributed by atoms with Crippen LogP contribution in [0.15, 0.2) is 42.5 Å². The molecule has 0 N–H and O–H groups in total. The Bertz CT molecular complexity index is 1330. The summed E-state index contributed by atoms with van der Waals surface area (Å²) in [6.07, 6.45) is 0.613. The van der Waals surface area contributed by atoms with Gasteiger partial charge in [-0.1, -0.05) is 30.3 Å². The predicted molar refractivity (Wildman–Crippen MR) is 141 cm³/mol. The maximum atomic E-state index is 13.0. The maximum absolute atomic E-state index is 13.0. The second-order valence-electron chi connectivity index (χ2n) is 10.1. The second kappa shape index (κ2) is 11.0. The zero-order chi connectivity index (χ0) is 26.9. The molecule has 3 aliphatic rings. The van der Waals surface area contributed by atoms with Crippen LogP contribution in [0.2, 0.25) is 0 Å². The number of carbonyl (C=O) groups excluding carboxylic acids is 3. The van der Waals surface area contributed by atoms with E-state index in [0.29, 0.717) is 63.5 Å². The van der Waals surface area contributed by atoms with Crippen molar-refractivity contribution in [3.8, 4) is 5.75 Å². The topological polar surface area (TPSA) is 104 Å². The number of hydrogen-bond donors (Lipinski definition) is 0. The van der Waals surface area contributed by atoms with Crippen molar-refractivity contribution in [3.63, 3.8) is 0 Å². The molecule has 1 saturated heterocycles. The fraction of sp³-hybridized carbons (Fsp3) is 0.464. The number of rotatable bonds is 8. The smallest absolute Gasteiger partial charge is 0.255 e. The van der Waals surface area contributed by atoms with Crippen molar-refractivity contribution in [2.75, 3.05) is 31.9 Å².